The molecule has 0 bridgehead atoms. The summed E-state index contributed by atoms with van der Waals surface area (Å²) in [5, 5.41) is 0. The van der Waals surface area contributed by atoms with Gasteiger partial charge in [-0.05, 0) is 43.5 Å². The fourth-order valence-electron chi connectivity index (χ4n) is 2.72. The summed E-state index contributed by atoms with van der Waals surface area (Å²) in [5.41, 5.74) is 4.88. The Labute approximate surface area is 131 Å². The van der Waals surface area contributed by atoms with Crippen LogP contribution < -0.4 is 0 Å². The van der Waals surface area contributed by atoms with Gasteiger partial charge in [-0.1, -0.05) is 36.4 Å². The summed E-state index contributed by atoms with van der Waals surface area (Å²) in [6.45, 7) is 6.53. The molecule has 3 nitrogen and oxygen atoms in total. The monoisotopic (exact) mass is 294 g/mol. The molecule has 0 spiro atoms. The fraction of sp³-hybridized carbons (Fsp3) is 0.316. The van der Waals surface area contributed by atoms with E-state index in [1.54, 1.807) is 0 Å². The van der Waals surface area contributed by atoms with Gasteiger partial charge in [0.05, 0.1) is 17.6 Å². The molecule has 0 aliphatic heterocycles. The molecule has 2 aromatic carbocycles. The van der Waals surface area contributed by atoms with Crippen LogP contribution in [0.5, 0.6) is 0 Å². The maximum atomic E-state index is 5.40. The molecule has 0 radical (unpaired) electrons. The Hall–Kier alpha value is -2.13. The molecule has 0 saturated carbocycles. The lowest BCUT2D eigenvalue weighted by Crippen LogP contribution is -2.02. The lowest BCUT2D eigenvalue weighted by molar-refractivity contribution is 0.151. The summed E-state index contributed by atoms with van der Waals surface area (Å²) in [4.78, 5) is 4.62. The second-order valence-electron chi connectivity index (χ2n) is 5.50. The van der Waals surface area contributed by atoms with Crippen LogP contribution in [0.1, 0.15) is 23.9 Å². The zero-order valence-corrected chi connectivity index (χ0v) is 13.2. The van der Waals surface area contributed by atoms with Crippen molar-refractivity contribution >= 4 is 11.0 Å². The Kier molecular flexibility index (Phi) is 4.54. The van der Waals surface area contributed by atoms with Gasteiger partial charge in [0, 0.05) is 13.2 Å². The minimum Gasteiger partial charge on any atom is -0.381 e. The normalized spacial score (nSPS) is 11.2. The summed E-state index contributed by atoms with van der Waals surface area (Å²) in [5.74, 6) is 1.06. The van der Waals surface area contributed by atoms with Gasteiger partial charge in [-0.15, -0.1) is 0 Å². The summed E-state index contributed by atoms with van der Waals surface area (Å²) in [7, 11) is 0. The molecule has 3 aromatic rings. The lowest BCUT2D eigenvalue weighted by Gasteiger charge is -2.08. The predicted molar refractivity (Wildman–Crippen MR) is 90.2 cm³/mol. The van der Waals surface area contributed by atoms with Crippen LogP contribution in [0.3, 0.4) is 0 Å². The van der Waals surface area contributed by atoms with Gasteiger partial charge in [-0.25, -0.2) is 4.98 Å². The van der Waals surface area contributed by atoms with Crippen molar-refractivity contribution in [2.45, 2.75) is 26.8 Å². The van der Waals surface area contributed by atoms with Crippen molar-refractivity contribution in [3.63, 3.8) is 0 Å². The smallest absolute Gasteiger partial charge is 0.107 e. The van der Waals surface area contributed by atoms with Gasteiger partial charge < -0.3 is 9.30 Å². The number of fused-ring (bicyclic) bond motifs is 1. The van der Waals surface area contributed by atoms with Crippen LogP contribution in [-0.2, 0) is 17.7 Å². The van der Waals surface area contributed by atoms with Gasteiger partial charge in [0.25, 0.3) is 0 Å². The first-order valence-corrected chi connectivity index (χ1v) is 7.85. The van der Waals surface area contributed by atoms with Crippen molar-refractivity contribution in [2.75, 3.05) is 13.2 Å². The van der Waals surface area contributed by atoms with Crippen LogP contribution in [0.25, 0.3) is 11.0 Å². The quantitative estimate of drug-likeness (QED) is 0.643. The minimum absolute atomic E-state index is 0.783. The number of hydrogen-bond acceptors (Lipinski definition) is 2. The summed E-state index contributed by atoms with van der Waals surface area (Å²) in [6.07, 6.45) is 0.973. The van der Waals surface area contributed by atoms with E-state index in [0.717, 1.165) is 37.5 Å². The van der Waals surface area contributed by atoms with E-state index in [1.807, 2.05) is 13.0 Å². The molecule has 0 aliphatic carbocycles. The van der Waals surface area contributed by atoms with E-state index in [9.17, 15) is 0 Å². The maximum Gasteiger partial charge on any atom is 0.107 e. The number of aryl methyl sites for hydroxylation is 1. The molecule has 1 heterocycles. The number of benzene rings is 2. The molecule has 0 N–H and O–H groups in total. The highest BCUT2D eigenvalue weighted by Crippen LogP contribution is 2.17. The van der Waals surface area contributed by atoms with Crippen LogP contribution in [0.15, 0.2) is 48.5 Å². The van der Waals surface area contributed by atoms with E-state index in [4.69, 9.17) is 4.74 Å². The number of nitrogens with zero attached hydrogens (tertiary/aromatic N) is 2. The Morgan fingerprint density at radius 1 is 1.00 bits per heavy atom. The van der Waals surface area contributed by atoms with Crippen LogP contribution in [0.4, 0.5) is 0 Å². The molecule has 3 rings (SSSR count). The third-order valence-electron chi connectivity index (χ3n) is 3.95. The molecular formula is C19H22N2O. The van der Waals surface area contributed by atoms with Crippen LogP contribution in [0, 0.1) is 6.92 Å². The average molecular weight is 294 g/mol. The van der Waals surface area contributed by atoms with Crippen LogP contribution in [0.2, 0.25) is 0 Å². The Balaban J connectivity index is 1.76. The highest BCUT2D eigenvalue weighted by Gasteiger charge is 2.07. The molecular weight excluding hydrogens is 272 g/mol. The van der Waals surface area contributed by atoms with E-state index in [1.165, 1.54) is 16.6 Å². The van der Waals surface area contributed by atoms with E-state index in [2.05, 4.69) is 58.9 Å². The van der Waals surface area contributed by atoms with Crippen molar-refractivity contribution in [1.82, 2.24) is 9.55 Å². The summed E-state index contributed by atoms with van der Waals surface area (Å²) < 4.78 is 7.67. The highest BCUT2D eigenvalue weighted by atomic mass is 16.5. The second kappa shape index (κ2) is 6.75. The third kappa shape index (κ3) is 3.20. The zero-order chi connectivity index (χ0) is 15.4. The molecule has 0 amide bonds. The Morgan fingerprint density at radius 3 is 2.50 bits per heavy atom. The lowest BCUT2D eigenvalue weighted by atomic mass is 10.1. The van der Waals surface area contributed by atoms with Gasteiger partial charge >= 0.3 is 0 Å². The van der Waals surface area contributed by atoms with Gasteiger partial charge in [-0.2, -0.15) is 0 Å². The molecule has 0 atom stereocenters. The maximum absolute atomic E-state index is 5.40. The highest BCUT2D eigenvalue weighted by molar-refractivity contribution is 5.75. The average Bonchev–Trinajstić information content (AvgIpc) is 2.85. The minimum atomic E-state index is 0.783. The van der Waals surface area contributed by atoms with Gasteiger partial charge in [-0.3, -0.25) is 0 Å². The van der Waals surface area contributed by atoms with E-state index < -0.39 is 0 Å². The molecule has 1 aromatic heterocycles. The molecule has 0 saturated heterocycles. The van der Waals surface area contributed by atoms with Gasteiger partial charge in [0.15, 0.2) is 0 Å². The van der Waals surface area contributed by atoms with E-state index in [-0.39, 0.29) is 0 Å². The molecule has 0 fully saturated rings. The van der Waals surface area contributed by atoms with Crippen molar-refractivity contribution in [3.8, 4) is 0 Å². The van der Waals surface area contributed by atoms with Gasteiger partial charge in [0.2, 0.25) is 0 Å². The first-order chi connectivity index (χ1) is 10.8. The number of para-hydroxylation sites is 2. The third-order valence-corrected chi connectivity index (χ3v) is 3.95. The second-order valence-corrected chi connectivity index (χ2v) is 5.50. The molecule has 0 aliphatic rings. The predicted octanol–water partition coefficient (Wildman–Crippen LogP) is 3.97. The van der Waals surface area contributed by atoms with Gasteiger partial charge in [0.1, 0.15) is 5.82 Å². The molecule has 22 heavy (non-hydrogen) atoms. The van der Waals surface area contributed by atoms with E-state index >= 15 is 0 Å². The largest absolute Gasteiger partial charge is 0.381 e. The van der Waals surface area contributed by atoms with Crippen LogP contribution >= 0.6 is 0 Å². The van der Waals surface area contributed by atoms with Crippen LogP contribution in [-0.4, -0.2) is 22.8 Å². The van der Waals surface area contributed by atoms with E-state index in [0.29, 0.717) is 0 Å². The zero-order valence-electron chi connectivity index (χ0n) is 13.2. The van der Waals surface area contributed by atoms with Crippen molar-refractivity contribution < 1.29 is 4.74 Å². The Morgan fingerprint density at radius 2 is 1.73 bits per heavy atom. The molecule has 0 unspecified atom stereocenters. The number of aromatic nitrogens is 2. The summed E-state index contributed by atoms with van der Waals surface area (Å²) >= 11 is 0. The van der Waals surface area contributed by atoms with Crippen molar-refractivity contribution in [2.24, 2.45) is 0 Å². The van der Waals surface area contributed by atoms with Crippen molar-refractivity contribution in [3.05, 3.63) is 65.5 Å². The first kappa shape index (κ1) is 14.8. The molecule has 3 heteroatoms. The van der Waals surface area contributed by atoms with Crippen molar-refractivity contribution in [1.29, 1.82) is 0 Å². The first-order valence-electron chi connectivity index (χ1n) is 7.85. The topological polar surface area (TPSA) is 27.1 Å². The number of hydrogen-bond donors (Lipinski definition) is 0. The summed E-state index contributed by atoms with van der Waals surface area (Å²) in [6, 6.07) is 17.1. The number of ether oxygens (including phenoxy) is 1. The number of imidazole rings is 1. The Bertz CT molecular complexity index is 744. The number of rotatable bonds is 6. The standard InChI is InChI=1S/C19H22N2O/c1-3-22-13-12-16-8-10-17(11-9-16)14-21-15(2)20-18-6-4-5-7-19(18)21/h4-11H,3,12-14H2,1-2H3. The SMILES string of the molecule is CCOCCc1ccc(Cn2c(C)nc3ccccc32)cc1. The molecule has 114 valence electrons. The fourth-order valence-corrected chi connectivity index (χ4v) is 2.72.